The van der Waals surface area contributed by atoms with Crippen LogP contribution >= 0.6 is 0 Å². The summed E-state index contributed by atoms with van der Waals surface area (Å²) in [6.07, 6.45) is 0. The van der Waals surface area contributed by atoms with E-state index >= 15 is 0 Å². The highest BCUT2D eigenvalue weighted by molar-refractivity contribution is 6.11. The third-order valence-corrected chi connectivity index (χ3v) is 9.37. The van der Waals surface area contributed by atoms with Crippen LogP contribution in [-0.4, -0.2) is 9.13 Å². The smallest absolute Gasteiger partial charge is 0.189 e. The molecule has 2 heterocycles. The van der Waals surface area contributed by atoms with E-state index in [1.54, 1.807) is 0 Å². The molecule has 2 aromatic heterocycles. The van der Waals surface area contributed by atoms with Crippen molar-refractivity contribution in [3.8, 4) is 33.6 Å². The lowest BCUT2D eigenvalue weighted by molar-refractivity contribution is 1.18. The lowest BCUT2D eigenvalue weighted by Gasteiger charge is -2.18. The second kappa shape index (κ2) is 10.9. The maximum absolute atomic E-state index is 7.84. The molecule has 0 aliphatic rings. The minimum Gasteiger partial charge on any atom is -0.310 e. The van der Waals surface area contributed by atoms with Gasteiger partial charge in [0.25, 0.3) is 0 Å². The first kappa shape index (κ1) is 27.4. The van der Waals surface area contributed by atoms with Crippen LogP contribution < -0.4 is 0 Å². The second-order valence-electron chi connectivity index (χ2n) is 11.9. The molecule has 4 heteroatoms. The Labute approximate surface area is 277 Å². The van der Waals surface area contributed by atoms with Gasteiger partial charge >= 0.3 is 0 Å². The zero-order chi connectivity index (χ0) is 32.2. The number of aromatic nitrogens is 2. The van der Waals surface area contributed by atoms with Crippen LogP contribution in [-0.2, 0) is 0 Å². The van der Waals surface area contributed by atoms with E-state index in [1.165, 1.54) is 10.8 Å². The molecule has 0 fully saturated rings. The van der Waals surface area contributed by atoms with E-state index < -0.39 is 0 Å². The van der Waals surface area contributed by atoms with Crippen molar-refractivity contribution in [1.82, 2.24) is 9.13 Å². The molecule has 7 aromatic carbocycles. The van der Waals surface area contributed by atoms with Crippen molar-refractivity contribution in [2.45, 2.75) is 0 Å². The van der Waals surface area contributed by atoms with Crippen LogP contribution in [0.4, 0.5) is 11.4 Å². The average Bonchev–Trinajstić information content (AvgIpc) is 3.67. The van der Waals surface area contributed by atoms with Gasteiger partial charge in [-0.3, -0.25) is 0 Å². The standard InChI is InChI=1S/C44H26N4/c1-45-30-22-26-43-39(27-30)37-15-7-8-16-40(37)47(43)32-23-19-29(20-24-32)33-11-3-4-12-34(33)38-25-21-31(46-2)28-44(38)48-41-17-9-5-13-35(41)36-14-6-10-18-42(36)48/h3-28H. The van der Waals surface area contributed by atoms with Gasteiger partial charge in [-0.1, -0.05) is 109 Å². The van der Waals surface area contributed by atoms with E-state index in [0.29, 0.717) is 11.4 Å². The summed E-state index contributed by atoms with van der Waals surface area (Å²) in [6, 6.07) is 54.6. The van der Waals surface area contributed by atoms with Crippen molar-refractivity contribution >= 4 is 55.0 Å². The van der Waals surface area contributed by atoms with Gasteiger partial charge in [-0.2, -0.15) is 0 Å². The molecular weight excluding hydrogens is 585 g/mol. The minimum absolute atomic E-state index is 0.604. The molecule has 4 nitrogen and oxygen atoms in total. The fraction of sp³-hybridized carbons (Fsp3) is 0. The summed E-state index contributed by atoms with van der Waals surface area (Å²) in [5, 5.41) is 4.58. The SMILES string of the molecule is [C-]#[N+]c1ccc(-c2ccccc2-c2ccc(-n3c4ccccc4c4cc([N+]#[C-])ccc43)cc2)c(-n2c3ccccc3c3ccccc32)c1. The lowest BCUT2D eigenvalue weighted by Crippen LogP contribution is -1.98. The largest absolute Gasteiger partial charge is 0.310 e. The van der Waals surface area contributed by atoms with Gasteiger partial charge in [-0.15, -0.1) is 0 Å². The van der Waals surface area contributed by atoms with Crippen LogP contribution in [0.3, 0.4) is 0 Å². The maximum Gasteiger partial charge on any atom is 0.189 e. The van der Waals surface area contributed by atoms with Crippen LogP contribution in [0.25, 0.3) is 86.9 Å². The molecule has 0 spiro atoms. The van der Waals surface area contributed by atoms with Crippen LogP contribution in [0, 0.1) is 13.1 Å². The predicted octanol–water partition coefficient (Wildman–Crippen LogP) is 12.3. The fourth-order valence-electron chi connectivity index (χ4n) is 7.25. The summed E-state index contributed by atoms with van der Waals surface area (Å²) in [7, 11) is 0. The van der Waals surface area contributed by atoms with E-state index in [9.17, 15) is 0 Å². The van der Waals surface area contributed by atoms with Crippen molar-refractivity contribution in [1.29, 1.82) is 0 Å². The van der Waals surface area contributed by atoms with E-state index in [-0.39, 0.29) is 0 Å². The van der Waals surface area contributed by atoms with Gasteiger partial charge in [-0.05, 0) is 70.6 Å². The predicted molar refractivity (Wildman–Crippen MR) is 199 cm³/mol. The normalized spacial score (nSPS) is 11.3. The molecule has 9 rings (SSSR count). The zero-order valence-electron chi connectivity index (χ0n) is 25.8. The molecule has 0 bridgehead atoms. The Morgan fingerprint density at radius 2 is 0.875 bits per heavy atom. The van der Waals surface area contributed by atoms with E-state index in [2.05, 4.69) is 152 Å². The average molecular weight is 611 g/mol. The first-order chi connectivity index (χ1) is 23.7. The summed E-state index contributed by atoms with van der Waals surface area (Å²) in [5.74, 6) is 0. The molecule has 0 saturated heterocycles. The van der Waals surface area contributed by atoms with Crippen molar-refractivity contribution in [2.75, 3.05) is 0 Å². The molecule has 0 aliphatic carbocycles. The number of nitrogens with zero attached hydrogens (tertiary/aromatic N) is 4. The molecule has 48 heavy (non-hydrogen) atoms. The van der Waals surface area contributed by atoms with Crippen molar-refractivity contribution in [3.63, 3.8) is 0 Å². The minimum atomic E-state index is 0.604. The van der Waals surface area contributed by atoms with E-state index in [4.69, 9.17) is 13.1 Å². The molecule has 222 valence electrons. The summed E-state index contributed by atoms with van der Waals surface area (Å²) < 4.78 is 4.58. The Kier molecular flexibility index (Phi) is 6.22. The topological polar surface area (TPSA) is 18.6 Å². The number of hydrogen-bond donors (Lipinski definition) is 0. The summed E-state index contributed by atoms with van der Waals surface area (Å²) in [4.78, 5) is 7.50. The summed E-state index contributed by atoms with van der Waals surface area (Å²) in [5.41, 5.74) is 12.1. The Bertz CT molecular complexity index is 2750. The van der Waals surface area contributed by atoms with Crippen LogP contribution in [0.5, 0.6) is 0 Å². The highest BCUT2D eigenvalue weighted by atomic mass is 15.0. The molecule has 0 N–H and O–H groups in total. The molecule has 0 saturated carbocycles. The van der Waals surface area contributed by atoms with Crippen LogP contribution in [0.1, 0.15) is 0 Å². The molecule has 9 aromatic rings. The highest BCUT2D eigenvalue weighted by Gasteiger charge is 2.18. The fourth-order valence-corrected chi connectivity index (χ4v) is 7.25. The Morgan fingerprint density at radius 3 is 1.52 bits per heavy atom. The van der Waals surface area contributed by atoms with Gasteiger partial charge in [0.2, 0.25) is 0 Å². The monoisotopic (exact) mass is 610 g/mol. The Balaban J connectivity index is 1.22. The van der Waals surface area contributed by atoms with Crippen molar-refractivity contribution in [2.24, 2.45) is 0 Å². The van der Waals surface area contributed by atoms with Gasteiger partial charge in [0.05, 0.1) is 35.2 Å². The van der Waals surface area contributed by atoms with Gasteiger partial charge < -0.3 is 9.13 Å². The summed E-state index contributed by atoms with van der Waals surface area (Å²) >= 11 is 0. The number of rotatable bonds is 4. The third kappa shape index (κ3) is 4.14. The molecule has 0 radical (unpaired) electrons. The first-order valence-electron chi connectivity index (χ1n) is 15.8. The molecule has 0 atom stereocenters. The van der Waals surface area contributed by atoms with Crippen molar-refractivity contribution < 1.29 is 0 Å². The zero-order valence-corrected chi connectivity index (χ0v) is 25.8. The number of para-hydroxylation sites is 3. The lowest BCUT2D eigenvalue weighted by atomic mass is 9.93. The van der Waals surface area contributed by atoms with Crippen LogP contribution in [0.2, 0.25) is 0 Å². The van der Waals surface area contributed by atoms with Gasteiger partial charge in [0, 0.05) is 33.1 Å². The molecule has 0 aliphatic heterocycles. The van der Waals surface area contributed by atoms with E-state index in [0.717, 1.165) is 66.5 Å². The summed E-state index contributed by atoms with van der Waals surface area (Å²) in [6.45, 7) is 15.4. The number of fused-ring (bicyclic) bond motifs is 6. The number of hydrogen-bond acceptors (Lipinski definition) is 0. The van der Waals surface area contributed by atoms with Gasteiger partial charge in [0.15, 0.2) is 11.4 Å². The maximum atomic E-state index is 7.84. The molecular formula is C44H26N4. The van der Waals surface area contributed by atoms with Crippen LogP contribution in [0.15, 0.2) is 158 Å². The van der Waals surface area contributed by atoms with E-state index in [1.807, 2.05) is 24.3 Å². The number of benzene rings is 7. The Morgan fingerprint density at radius 1 is 0.375 bits per heavy atom. The van der Waals surface area contributed by atoms with Gasteiger partial charge in [0.1, 0.15) is 0 Å². The second-order valence-corrected chi connectivity index (χ2v) is 11.9. The first-order valence-corrected chi connectivity index (χ1v) is 15.8. The third-order valence-electron chi connectivity index (χ3n) is 9.37. The molecule has 0 unspecified atom stereocenters. The van der Waals surface area contributed by atoms with Crippen molar-refractivity contribution in [3.05, 3.63) is 181 Å². The quantitative estimate of drug-likeness (QED) is 0.177. The molecule has 0 amide bonds. The Hall–Kier alpha value is -6.88. The van der Waals surface area contributed by atoms with Gasteiger partial charge in [-0.25, -0.2) is 9.69 Å². The highest BCUT2D eigenvalue weighted by Crippen LogP contribution is 2.41.